The van der Waals surface area contributed by atoms with Gasteiger partial charge in [0.05, 0.1) is 5.56 Å². The first-order chi connectivity index (χ1) is 10.9. The minimum absolute atomic E-state index is 0.336. The second kappa shape index (κ2) is 4.69. The lowest BCUT2D eigenvalue weighted by Crippen LogP contribution is -2.04. The van der Waals surface area contributed by atoms with Crippen LogP contribution in [0, 0.1) is 5.82 Å². The van der Waals surface area contributed by atoms with Crippen LogP contribution < -0.4 is 0 Å². The third-order valence-electron chi connectivity index (χ3n) is 4.12. The maximum atomic E-state index is 13.5. The second-order valence-corrected chi connectivity index (χ2v) is 5.53. The Kier molecular flexibility index (Phi) is 2.85. The summed E-state index contributed by atoms with van der Waals surface area (Å²) in [7, 11) is 0. The molecule has 0 aromatic heterocycles. The third-order valence-corrected chi connectivity index (χ3v) is 4.12. The van der Waals surface area contributed by atoms with E-state index in [4.69, 9.17) is 0 Å². The van der Waals surface area contributed by atoms with Crippen LogP contribution in [0.1, 0.15) is 5.56 Å². The molecule has 0 N–H and O–H groups in total. The molecular formula is C19H10F4. The fourth-order valence-corrected chi connectivity index (χ4v) is 3.02. The van der Waals surface area contributed by atoms with Gasteiger partial charge in [0.15, 0.2) is 0 Å². The van der Waals surface area contributed by atoms with E-state index in [0.29, 0.717) is 5.39 Å². The van der Waals surface area contributed by atoms with E-state index >= 15 is 0 Å². The zero-order chi connectivity index (χ0) is 16.2. The van der Waals surface area contributed by atoms with Crippen LogP contribution in [0.5, 0.6) is 0 Å². The Hall–Kier alpha value is -2.62. The van der Waals surface area contributed by atoms with Crippen molar-refractivity contribution >= 4 is 32.3 Å². The van der Waals surface area contributed by atoms with E-state index in [2.05, 4.69) is 0 Å². The molecule has 0 fully saturated rings. The molecule has 0 radical (unpaired) electrons. The summed E-state index contributed by atoms with van der Waals surface area (Å²) in [6, 6.07) is 15.4. The number of hydrogen-bond donors (Lipinski definition) is 0. The monoisotopic (exact) mass is 314 g/mol. The van der Waals surface area contributed by atoms with Crippen molar-refractivity contribution < 1.29 is 17.6 Å². The topological polar surface area (TPSA) is 0 Å². The van der Waals surface area contributed by atoms with Gasteiger partial charge in [0.2, 0.25) is 0 Å². The number of alkyl halides is 3. The molecule has 0 spiro atoms. The molecule has 0 nitrogen and oxygen atoms in total. The maximum absolute atomic E-state index is 13.5. The predicted octanol–water partition coefficient (Wildman–Crippen LogP) is 6.30. The first-order valence-electron chi connectivity index (χ1n) is 7.05. The summed E-state index contributed by atoms with van der Waals surface area (Å²) in [5.41, 5.74) is -0.670. The summed E-state index contributed by atoms with van der Waals surface area (Å²) in [6.45, 7) is 0. The van der Waals surface area contributed by atoms with Crippen molar-refractivity contribution in [1.29, 1.82) is 0 Å². The fourth-order valence-electron chi connectivity index (χ4n) is 3.02. The van der Waals surface area contributed by atoms with Gasteiger partial charge in [0, 0.05) is 0 Å². The van der Waals surface area contributed by atoms with Gasteiger partial charge in [-0.15, -0.1) is 0 Å². The fraction of sp³-hybridized carbons (Fsp3) is 0.0526. The molecule has 4 rings (SSSR count). The normalized spacial score (nSPS) is 12.3. The number of rotatable bonds is 0. The van der Waals surface area contributed by atoms with E-state index in [9.17, 15) is 17.6 Å². The van der Waals surface area contributed by atoms with Crippen LogP contribution in [0.2, 0.25) is 0 Å². The average molecular weight is 314 g/mol. The van der Waals surface area contributed by atoms with E-state index in [1.165, 1.54) is 18.2 Å². The Labute approximate surface area is 129 Å². The Balaban J connectivity index is 2.09. The van der Waals surface area contributed by atoms with Crippen LogP contribution in [-0.2, 0) is 6.18 Å². The van der Waals surface area contributed by atoms with Crippen molar-refractivity contribution in [2.75, 3.05) is 0 Å². The minimum Gasteiger partial charge on any atom is -0.207 e. The Morgan fingerprint density at radius 1 is 0.565 bits per heavy atom. The molecule has 0 heterocycles. The summed E-state index contributed by atoms with van der Waals surface area (Å²) in [5.74, 6) is -0.336. The summed E-state index contributed by atoms with van der Waals surface area (Å²) in [5, 5.41) is 4.53. The highest BCUT2D eigenvalue weighted by atomic mass is 19.4. The highest BCUT2D eigenvalue weighted by molar-refractivity contribution is 6.17. The maximum Gasteiger partial charge on any atom is 0.416 e. The SMILES string of the molecule is Fc1ccc2ccc3c4ccc(C(F)(F)F)cc4ccc3c2c1. The van der Waals surface area contributed by atoms with Gasteiger partial charge in [-0.1, -0.05) is 36.4 Å². The molecule has 0 bridgehead atoms. The molecular weight excluding hydrogens is 304 g/mol. The zero-order valence-electron chi connectivity index (χ0n) is 11.8. The van der Waals surface area contributed by atoms with Crippen LogP contribution in [0.3, 0.4) is 0 Å². The van der Waals surface area contributed by atoms with Gasteiger partial charge in [-0.2, -0.15) is 13.2 Å². The van der Waals surface area contributed by atoms with Gasteiger partial charge in [0.25, 0.3) is 0 Å². The molecule has 0 saturated carbocycles. The van der Waals surface area contributed by atoms with Crippen LogP contribution in [0.25, 0.3) is 32.3 Å². The number of fused-ring (bicyclic) bond motifs is 5. The molecule has 0 amide bonds. The predicted molar refractivity (Wildman–Crippen MR) is 83.9 cm³/mol. The van der Waals surface area contributed by atoms with Gasteiger partial charge in [-0.05, 0) is 56.6 Å². The molecule has 0 aliphatic carbocycles. The molecule has 0 aliphatic rings. The van der Waals surface area contributed by atoms with Gasteiger partial charge in [-0.3, -0.25) is 0 Å². The van der Waals surface area contributed by atoms with E-state index in [1.54, 1.807) is 18.2 Å². The average Bonchev–Trinajstić information content (AvgIpc) is 2.52. The minimum atomic E-state index is -4.37. The standard InChI is InChI=1S/C19H10F4/c20-14-5-1-11-2-6-16-15-8-4-13(19(21,22)23)9-12(15)3-7-17(16)18(11)10-14/h1-10H. The van der Waals surface area contributed by atoms with Crippen LogP contribution in [0.4, 0.5) is 17.6 Å². The van der Waals surface area contributed by atoms with Crippen molar-refractivity contribution in [2.45, 2.75) is 6.18 Å². The lowest BCUT2D eigenvalue weighted by Gasteiger charge is -2.11. The van der Waals surface area contributed by atoms with Crippen LogP contribution >= 0.6 is 0 Å². The van der Waals surface area contributed by atoms with Gasteiger partial charge < -0.3 is 0 Å². The summed E-state index contributed by atoms with van der Waals surface area (Å²) in [4.78, 5) is 0. The first kappa shape index (κ1) is 14.0. The van der Waals surface area contributed by atoms with Crippen molar-refractivity contribution in [3.63, 3.8) is 0 Å². The number of benzene rings is 4. The highest BCUT2D eigenvalue weighted by Crippen LogP contribution is 2.35. The Morgan fingerprint density at radius 2 is 1.17 bits per heavy atom. The lowest BCUT2D eigenvalue weighted by molar-refractivity contribution is -0.137. The first-order valence-corrected chi connectivity index (χ1v) is 7.05. The second-order valence-electron chi connectivity index (χ2n) is 5.53. The van der Waals surface area contributed by atoms with Gasteiger partial charge in [-0.25, -0.2) is 4.39 Å². The molecule has 4 aromatic rings. The summed E-state index contributed by atoms with van der Waals surface area (Å²) < 4.78 is 52.1. The van der Waals surface area contributed by atoms with E-state index < -0.39 is 11.7 Å². The molecule has 4 heteroatoms. The van der Waals surface area contributed by atoms with Gasteiger partial charge >= 0.3 is 6.18 Å². The Bertz CT molecular complexity index is 1060. The molecule has 114 valence electrons. The number of halogens is 4. The zero-order valence-corrected chi connectivity index (χ0v) is 11.8. The van der Waals surface area contributed by atoms with E-state index in [1.807, 2.05) is 12.1 Å². The highest BCUT2D eigenvalue weighted by Gasteiger charge is 2.30. The molecule has 0 aliphatic heterocycles. The van der Waals surface area contributed by atoms with Crippen LogP contribution in [-0.4, -0.2) is 0 Å². The quantitative estimate of drug-likeness (QED) is 0.264. The number of hydrogen-bond acceptors (Lipinski definition) is 0. The largest absolute Gasteiger partial charge is 0.416 e. The van der Waals surface area contributed by atoms with Crippen molar-refractivity contribution in [1.82, 2.24) is 0 Å². The van der Waals surface area contributed by atoms with E-state index in [-0.39, 0.29) is 5.82 Å². The molecule has 23 heavy (non-hydrogen) atoms. The summed E-state index contributed by atoms with van der Waals surface area (Å²) in [6.07, 6.45) is -4.37. The molecule has 0 unspecified atom stereocenters. The third kappa shape index (κ3) is 2.22. The molecule has 0 atom stereocenters. The molecule has 4 aromatic carbocycles. The summed E-state index contributed by atoms with van der Waals surface area (Å²) >= 11 is 0. The van der Waals surface area contributed by atoms with Crippen molar-refractivity contribution in [2.24, 2.45) is 0 Å². The van der Waals surface area contributed by atoms with Crippen LogP contribution in [0.15, 0.2) is 60.7 Å². The lowest BCUT2D eigenvalue weighted by atomic mass is 9.96. The van der Waals surface area contributed by atoms with E-state index in [0.717, 1.165) is 39.1 Å². The molecule has 0 saturated heterocycles. The van der Waals surface area contributed by atoms with Gasteiger partial charge in [0.1, 0.15) is 5.82 Å². The van der Waals surface area contributed by atoms with Crippen molar-refractivity contribution in [3.8, 4) is 0 Å². The Morgan fingerprint density at radius 3 is 1.91 bits per heavy atom. The smallest absolute Gasteiger partial charge is 0.207 e. The van der Waals surface area contributed by atoms with Crippen molar-refractivity contribution in [3.05, 3.63) is 72.0 Å².